The number of rotatable bonds is 4. The van der Waals surface area contributed by atoms with Crippen LogP contribution in [0.4, 0.5) is 0 Å². The highest BCUT2D eigenvalue weighted by Crippen LogP contribution is 2.15. The third kappa shape index (κ3) is 3.46. The van der Waals surface area contributed by atoms with Gasteiger partial charge in [-0.05, 0) is 24.6 Å². The number of hydrogen-bond acceptors (Lipinski definition) is 4. The van der Waals surface area contributed by atoms with E-state index in [1.54, 1.807) is 36.3 Å². The number of nitriles is 1. The van der Waals surface area contributed by atoms with Gasteiger partial charge in [0.25, 0.3) is 0 Å². The number of aryl methyl sites for hydroxylation is 1. The molecule has 0 spiro atoms. The summed E-state index contributed by atoms with van der Waals surface area (Å²) in [6.07, 6.45) is 3.30. The molecule has 0 saturated heterocycles. The summed E-state index contributed by atoms with van der Waals surface area (Å²) in [5, 5.41) is 15.6. The van der Waals surface area contributed by atoms with Crippen LogP contribution in [0.3, 0.4) is 0 Å². The standard InChI is InChI=1S/C15H17N5O/c1-10(12-5-3-11(7-16)4-6-12)19-15(21)14(17)13-8-18-20(2)9-13/h3-6,8-10,14H,17H2,1-2H3,(H,19,21). The molecule has 0 saturated carbocycles. The van der Waals surface area contributed by atoms with Gasteiger partial charge >= 0.3 is 0 Å². The number of hydrogen-bond donors (Lipinski definition) is 2. The normalized spacial score (nSPS) is 13.2. The molecule has 1 heterocycles. The van der Waals surface area contributed by atoms with Crippen molar-refractivity contribution in [3.05, 3.63) is 53.3 Å². The van der Waals surface area contributed by atoms with Crippen molar-refractivity contribution in [1.29, 1.82) is 5.26 Å². The lowest BCUT2D eigenvalue weighted by Crippen LogP contribution is -2.35. The second-order valence-corrected chi connectivity index (χ2v) is 4.89. The van der Waals surface area contributed by atoms with E-state index in [0.29, 0.717) is 11.1 Å². The van der Waals surface area contributed by atoms with Crippen molar-refractivity contribution in [2.45, 2.75) is 19.0 Å². The Labute approximate surface area is 123 Å². The minimum absolute atomic E-state index is 0.187. The molecule has 1 aromatic heterocycles. The van der Waals surface area contributed by atoms with Crippen molar-refractivity contribution in [1.82, 2.24) is 15.1 Å². The van der Waals surface area contributed by atoms with Gasteiger partial charge in [0, 0.05) is 18.8 Å². The zero-order chi connectivity index (χ0) is 15.4. The first-order valence-corrected chi connectivity index (χ1v) is 6.56. The van der Waals surface area contributed by atoms with Crippen molar-refractivity contribution in [2.24, 2.45) is 12.8 Å². The first kappa shape index (κ1) is 14.8. The molecule has 0 aliphatic carbocycles. The predicted octanol–water partition coefficient (Wildman–Crippen LogP) is 1.17. The number of nitrogens with zero attached hydrogens (tertiary/aromatic N) is 3. The van der Waals surface area contributed by atoms with Crippen LogP contribution in [0.25, 0.3) is 0 Å². The first-order valence-electron chi connectivity index (χ1n) is 6.56. The number of nitrogens with one attached hydrogen (secondary N) is 1. The van der Waals surface area contributed by atoms with Crippen LogP contribution in [0.5, 0.6) is 0 Å². The second-order valence-electron chi connectivity index (χ2n) is 4.89. The van der Waals surface area contributed by atoms with Gasteiger partial charge in [-0.2, -0.15) is 10.4 Å². The zero-order valence-corrected chi connectivity index (χ0v) is 11.9. The summed E-state index contributed by atoms with van der Waals surface area (Å²) >= 11 is 0. The lowest BCUT2D eigenvalue weighted by molar-refractivity contribution is -0.123. The quantitative estimate of drug-likeness (QED) is 0.880. The van der Waals surface area contributed by atoms with Gasteiger partial charge in [-0.3, -0.25) is 9.48 Å². The van der Waals surface area contributed by atoms with Crippen LogP contribution in [0.1, 0.15) is 35.7 Å². The first-order chi connectivity index (χ1) is 10.0. The molecule has 1 amide bonds. The minimum Gasteiger partial charge on any atom is -0.348 e. The number of nitrogens with two attached hydrogens (primary N) is 1. The Morgan fingerprint density at radius 2 is 2.05 bits per heavy atom. The Morgan fingerprint density at radius 3 is 2.57 bits per heavy atom. The van der Waals surface area contributed by atoms with E-state index in [0.717, 1.165) is 5.56 Å². The minimum atomic E-state index is -0.750. The van der Waals surface area contributed by atoms with E-state index >= 15 is 0 Å². The van der Waals surface area contributed by atoms with E-state index in [9.17, 15) is 4.79 Å². The number of benzene rings is 1. The molecular formula is C15H17N5O. The predicted molar refractivity (Wildman–Crippen MR) is 77.9 cm³/mol. The number of carbonyl (C=O) groups is 1. The van der Waals surface area contributed by atoms with Crippen LogP contribution in [-0.2, 0) is 11.8 Å². The number of amides is 1. The molecule has 2 atom stereocenters. The lowest BCUT2D eigenvalue weighted by Gasteiger charge is -2.17. The maximum Gasteiger partial charge on any atom is 0.242 e. The van der Waals surface area contributed by atoms with Crippen LogP contribution < -0.4 is 11.1 Å². The molecule has 2 unspecified atom stereocenters. The highest BCUT2D eigenvalue weighted by Gasteiger charge is 2.19. The fraction of sp³-hybridized carbons (Fsp3) is 0.267. The Kier molecular flexibility index (Phi) is 4.36. The molecule has 0 aliphatic rings. The SMILES string of the molecule is CC(NC(=O)C(N)c1cnn(C)c1)c1ccc(C#N)cc1. The summed E-state index contributed by atoms with van der Waals surface area (Å²) < 4.78 is 1.60. The zero-order valence-electron chi connectivity index (χ0n) is 11.9. The third-order valence-corrected chi connectivity index (χ3v) is 3.26. The Balaban J connectivity index is 2.02. The smallest absolute Gasteiger partial charge is 0.242 e. The summed E-state index contributed by atoms with van der Waals surface area (Å²) in [4.78, 5) is 12.1. The van der Waals surface area contributed by atoms with Crippen molar-refractivity contribution >= 4 is 5.91 Å². The molecule has 6 heteroatoms. The van der Waals surface area contributed by atoms with Crippen LogP contribution in [0.2, 0.25) is 0 Å². The summed E-state index contributed by atoms with van der Waals surface area (Å²) in [6, 6.07) is 8.20. The maximum atomic E-state index is 12.1. The lowest BCUT2D eigenvalue weighted by atomic mass is 10.1. The van der Waals surface area contributed by atoms with E-state index in [1.165, 1.54) is 0 Å². The van der Waals surface area contributed by atoms with Gasteiger partial charge in [-0.1, -0.05) is 12.1 Å². The van der Waals surface area contributed by atoms with Gasteiger partial charge in [0.05, 0.1) is 23.9 Å². The molecule has 0 bridgehead atoms. The molecular weight excluding hydrogens is 266 g/mol. The fourth-order valence-electron chi connectivity index (χ4n) is 1.98. The fourth-order valence-corrected chi connectivity index (χ4v) is 1.98. The maximum absolute atomic E-state index is 12.1. The largest absolute Gasteiger partial charge is 0.348 e. The van der Waals surface area contributed by atoms with E-state index in [4.69, 9.17) is 11.0 Å². The van der Waals surface area contributed by atoms with E-state index < -0.39 is 6.04 Å². The third-order valence-electron chi connectivity index (χ3n) is 3.26. The van der Waals surface area contributed by atoms with Crippen molar-refractivity contribution in [3.8, 4) is 6.07 Å². The van der Waals surface area contributed by atoms with Gasteiger partial charge in [0.15, 0.2) is 0 Å². The highest BCUT2D eigenvalue weighted by atomic mass is 16.2. The van der Waals surface area contributed by atoms with Gasteiger partial charge in [-0.25, -0.2) is 0 Å². The summed E-state index contributed by atoms with van der Waals surface area (Å²) in [6.45, 7) is 1.87. The van der Waals surface area contributed by atoms with Gasteiger partial charge in [0.1, 0.15) is 6.04 Å². The number of carbonyl (C=O) groups excluding carboxylic acids is 1. The average molecular weight is 283 g/mol. The second kappa shape index (κ2) is 6.20. The van der Waals surface area contributed by atoms with Crippen molar-refractivity contribution in [3.63, 3.8) is 0 Å². The van der Waals surface area contributed by atoms with Crippen molar-refractivity contribution in [2.75, 3.05) is 0 Å². The summed E-state index contributed by atoms with van der Waals surface area (Å²) in [7, 11) is 1.77. The molecule has 0 aliphatic heterocycles. The van der Waals surface area contributed by atoms with Crippen LogP contribution >= 0.6 is 0 Å². The molecule has 0 radical (unpaired) electrons. The van der Waals surface area contributed by atoms with Gasteiger partial charge in [-0.15, -0.1) is 0 Å². The van der Waals surface area contributed by atoms with E-state index in [2.05, 4.69) is 16.5 Å². The average Bonchev–Trinajstić information content (AvgIpc) is 2.93. The molecule has 2 aromatic rings. The molecule has 6 nitrogen and oxygen atoms in total. The molecule has 3 N–H and O–H groups in total. The molecule has 2 rings (SSSR count). The van der Waals surface area contributed by atoms with E-state index in [-0.39, 0.29) is 11.9 Å². The highest BCUT2D eigenvalue weighted by molar-refractivity contribution is 5.83. The topological polar surface area (TPSA) is 96.7 Å². The summed E-state index contributed by atoms with van der Waals surface area (Å²) in [5.41, 5.74) is 8.09. The Hall–Kier alpha value is -2.65. The Bertz CT molecular complexity index is 668. The van der Waals surface area contributed by atoms with Crippen LogP contribution in [0, 0.1) is 11.3 Å². The van der Waals surface area contributed by atoms with Gasteiger partial charge < -0.3 is 11.1 Å². The number of aromatic nitrogens is 2. The van der Waals surface area contributed by atoms with Crippen LogP contribution in [0.15, 0.2) is 36.7 Å². The monoisotopic (exact) mass is 283 g/mol. The Morgan fingerprint density at radius 1 is 1.38 bits per heavy atom. The molecule has 108 valence electrons. The molecule has 1 aromatic carbocycles. The van der Waals surface area contributed by atoms with E-state index in [1.807, 2.05) is 19.1 Å². The van der Waals surface area contributed by atoms with Crippen LogP contribution in [-0.4, -0.2) is 15.7 Å². The van der Waals surface area contributed by atoms with Gasteiger partial charge in [0.2, 0.25) is 5.91 Å². The summed E-state index contributed by atoms with van der Waals surface area (Å²) in [5.74, 6) is -0.264. The molecule has 21 heavy (non-hydrogen) atoms. The molecule has 0 fully saturated rings. The van der Waals surface area contributed by atoms with Crippen molar-refractivity contribution < 1.29 is 4.79 Å².